The molecule has 2 aliphatic heterocycles. The molecule has 3 N–H and O–H groups in total. The predicted molar refractivity (Wildman–Crippen MR) is 123 cm³/mol. The van der Waals surface area contributed by atoms with E-state index in [2.05, 4.69) is 10.6 Å². The van der Waals surface area contributed by atoms with Gasteiger partial charge in [-0.05, 0) is 18.6 Å². The largest absolute Gasteiger partial charge is 0.480 e. The Morgan fingerprint density at radius 1 is 0.944 bits per heavy atom. The molecule has 0 radical (unpaired) electrons. The Kier molecular flexibility index (Phi) is 10.3. The van der Waals surface area contributed by atoms with Gasteiger partial charge in [0, 0.05) is 18.7 Å². The summed E-state index contributed by atoms with van der Waals surface area (Å²) in [6.45, 7) is 2.22. The topological polar surface area (TPSA) is 170 Å². The second kappa shape index (κ2) is 13.6. The number of nitrogens with one attached hydrogen (secondary N) is 2. The van der Waals surface area contributed by atoms with Gasteiger partial charge in [0.15, 0.2) is 0 Å². The zero-order valence-electron chi connectivity index (χ0n) is 19.7. The molecule has 2 aliphatic rings. The molecule has 36 heavy (non-hydrogen) atoms. The second-order valence-corrected chi connectivity index (χ2v) is 7.89. The van der Waals surface area contributed by atoms with Gasteiger partial charge in [-0.3, -0.25) is 29.4 Å². The average molecular weight is 507 g/mol. The molecule has 1 fully saturated rings. The quantitative estimate of drug-likeness (QED) is 0.197. The van der Waals surface area contributed by atoms with Gasteiger partial charge < -0.3 is 29.4 Å². The van der Waals surface area contributed by atoms with E-state index < -0.39 is 35.6 Å². The Balaban J connectivity index is 1.33. The number of carbonyl (C=O) groups is 5. The average Bonchev–Trinajstić information content (AvgIpc) is 3.09. The summed E-state index contributed by atoms with van der Waals surface area (Å²) in [5.74, 6) is -3.23. The number of hydrogen-bond donors (Lipinski definition) is 3. The van der Waals surface area contributed by atoms with Crippen LogP contribution in [0.1, 0.15) is 33.6 Å². The van der Waals surface area contributed by atoms with Crippen LogP contribution in [0.25, 0.3) is 0 Å². The van der Waals surface area contributed by atoms with Gasteiger partial charge in [0.2, 0.25) is 11.8 Å². The first-order valence-corrected chi connectivity index (χ1v) is 11.5. The monoisotopic (exact) mass is 507 g/mol. The molecule has 0 aliphatic carbocycles. The summed E-state index contributed by atoms with van der Waals surface area (Å²) in [6.07, 6.45) is 0.161. The first-order valence-electron chi connectivity index (χ1n) is 11.5. The highest BCUT2D eigenvalue weighted by Gasteiger charge is 2.45. The molecule has 196 valence electrons. The van der Waals surface area contributed by atoms with E-state index in [4.69, 9.17) is 24.1 Å². The molecular formula is C23H29N3O10. The Morgan fingerprint density at radius 2 is 1.58 bits per heavy atom. The van der Waals surface area contributed by atoms with Crippen molar-refractivity contribution >= 4 is 35.3 Å². The maximum absolute atomic E-state index is 13.0. The zero-order valence-corrected chi connectivity index (χ0v) is 19.7. The van der Waals surface area contributed by atoms with E-state index in [-0.39, 0.29) is 43.8 Å². The summed E-state index contributed by atoms with van der Waals surface area (Å²) in [4.78, 5) is 60.7. The summed E-state index contributed by atoms with van der Waals surface area (Å²) in [7, 11) is 0. The van der Waals surface area contributed by atoms with Crippen LogP contribution in [0.15, 0.2) is 18.2 Å². The Morgan fingerprint density at radius 3 is 2.22 bits per heavy atom. The Bertz CT molecular complexity index is 983. The summed E-state index contributed by atoms with van der Waals surface area (Å²) in [5.41, 5.74) is 0.869. The minimum atomic E-state index is -1.03. The van der Waals surface area contributed by atoms with Crippen LogP contribution in [0.5, 0.6) is 0 Å². The van der Waals surface area contributed by atoms with E-state index in [1.54, 1.807) is 12.1 Å². The van der Waals surface area contributed by atoms with E-state index in [1.165, 1.54) is 6.07 Å². The fraction of sp³-hybridized carbons (Fsp3) is 0.522. The molecule has 0 saturated carbocycles. The van der Waals surface area contributed by atoms with Gasteiger partial charge in [-0.2, -0.15) is 0 Å². The van der Waals surface area contributed by atoms with Gasteiger partial charge in [-0.25, -0.2) is 4.79 Å². The summed E-state index contributed by atoms with van der Waals surface area (Å²) in [5, 5.41) is 13.7. The van der Waals surface area contributed by atoms with E-state index in [0.29, 0.717) is 45.3 Å². The molecule has 0 spiro atoms. The fourth-order valence-corrected chi connectivity index (χ4v) is 3.74. The molecule has 13 nitrogen and oxygen atoms in total. The van der Waals surface area contributed by atoms with Crippen LogP contribution in [0.2, 0.25) is 0 Å². The fourth-order valence-electron chi connectivity index (χ4n) is 3.74. The van der Waals surface area contributed by atoms with Gasteiger partial charge in [-0.1, -0.05) is 6.07 Å². The van der Waals surface area contributed by atoms with Crippen LogP contribution < -0.4 is 10.6 Å². The number of rotatable bonds is 16. The van der Waals surface area contributed by atoms with E-state index in [9.17, 15) is 24.0 Å². The summed E-state index contributed by atoms with van der Waals surface area (Å²) in [6, 6.07) is 3.85. The number of fused-ring (bicyclic) bond motifs is 1. The lowest BCUT2D eigenvalue weighted by atomic mass is 10.0. The lowest BCUT2D eigenvalue weighted by Gasteiger charge is -2.27. The van der Waals surface area contributed by atoms with Crippen molar-refractivity contribution in [1.29, 1.82) is 0 Å². The summed E-state index contributed by atoms with van der Waals surface area (Å²) < 4.78 is 20.9. The number of carboxylic acid groups (broad SMARTS) is 1. The maximum Gasteiger partial charge on any atom is 0.329 e. The molecule has 0 aromatic heterocycles. The number of amides is 4. The van der Waals surface area contributed by atoms with Crippen molar-refractivity contribution < 1.29 is 48.0 Å². The van der Waals surface area contributed by atoms with Crippen LogP contribution in [-0.4, -0.2) is 105 Å². The molecular weight excluding hydrogens is 478 g/mol. The molecule has 2 heterocycles. The third kappa shape index (κ3) is 7.31. The molecule has 3 rings (SSSR count). The minimum Gasteiger partial charge on any atom is -0.480 e. The number of anilines is 1. The number of nitrogens with zero attached hydrogens (tertiary/aromatic N) is 1. The molecule has 1 aromatic carbocycles. The van der Waals surface area contributed by atoms with E-state index in [1.807, 2.05) is 0 Å². The van der Waals surface area contributed by atoms with Gasteiger partial charge in [0.25, 0.3) is 11.8 Å². The van der Waals surface area contributed by atoms with Gasteiger partial charge in [-0.15, -0.1) is 0 Å². The van der Waals surface area contributed by atoms with E-state index >= 15 is 0 Å². The number of piperidine rings is 1. The number of imide groups is 2. The lowest BCUT2D eigenvalue weighted by Crippen LogP contribution is -2.54. The van der Waals surface area contributed by atoms with Crippen LogP contribution in [0.3, 0.4) is 0 Å². The van der Waals surface area contributed by atoms with Gasteiger partial charge in [0.1, 0.15) is 12.6 Å². The van der Waals surface area contributed by atoms with Crippen LogP contribution in [0, 0.1) is 0 Å². The van der Waals surface area contributed by atoms with Crippen LogP contribution >= 0.6 is 0 Å². The Hall–Kier alpha value is -3.39. The molecule has 4 amide bonds. The number of aliphatic carboxylic acids is 1. The number of carboxylic acids is 1. The van der Waals surface area contributed by atoms with Crippen molar-refractivity contribution in [2.45, 2.75) is 18.9 Å². The molecule has 13 heteroatoms. The molecule has 1 saturated heterocycles. The van der Waals surface area contributed by atoms with Crippen LogP contribution in [-0.2, 0) is 33.3 Å². The van der Waals surface area contributed by atoms with Crippen molar-refractivity contribution in [3.63, 3.8) is 0 Å². The van der Waals surface area contributed by atoms with Crippen molar-refractivity contribution in [2.24, 2.45) is 0 Å². The SMILES string of the molecule is O=C(O)COCCOCCOCCOCCNc1cccc2c1C(=O)N(C1CCC(=O)NC1=O)C2=O. The number of carbonyl (C=O) groups excluding carboxylic acids is 4. The highest BCUT2D eigenvalue weighted by molar-refractivity contribution is 6.25. The van der Waals surface area contributed by atoms with Crippen molar-refractivity contribution in [3.8, 4) is 0 Å². The van der Waals surface area contributed by atoms with Crippen molar-refractivity contribution in [3.05, 3.63) is 29.3 Å². The predicted octanol–water partition coefficient (Wildman–Crippen LogP) is -0.349. The van der Waals surface area contributed by atoms with Crippen molar-refractivity contribution in [1.82, 2.24) is 10.2 Å². The summed E-state index contributed by atoms with van der Waals surface area (Å²) >= 11 is 0. The first-order chi connectivity index (χ1) is 17.4. The zero-order chi connectivity index (χ0) is 25.9. The van der Waals surface area contributed by atoms with E-state index in [0.717, 1.165) is 4.90 Å². The minimum absolute atomic E-state index is 0.0621. The lowest BCUT2D eigenvalue weighted by molar-refractivity contribution is -0.143. The number of hydrogen-bond acceptors (Lipinski definition) is 10. The first kappa shape index (κ1) is 27.2. The molecule has 1 atom stereocenters. The smallest absolute Gasteiger partial charge is 0.329 e. The number of ether oxygens (including phenoxy) is 4. The van der Waals surface area contributed by atoms with Gasteiger partial charge >= 0.3 is 5.97 Å². The third-order valence-corrected chi connectivity index (χ3v) is 5.37. The van der Waals surface area contributed by atoms with Crippen LogP contribution in [0.4, 0.5) is 5.69 Å². The number of benzene rings is 1. The molecule has 0 bridgehead atoms. The highest BCUT2D eigenvalue weighted by Crippen LogP contribution is 2.32. The highest BCUT2D eigenvalue weighted by atomic mass is 16.6. The maximum atomic E-state index is 13.0. The second-order valence-electron chi connectivity index (χ2n) is 7.89. The Labute approximate surface area is 207 Å². The third-order valence-electron chi connectivity index (χ3n) is 5.37. The normalized spacial score (nSPS) is 17.3. The standard InChI is InChI=1S/C23H29N3O10/c27-18-5-4-17(21(30)25-18)26-22(31)15-2-1-3-16(20(15)23(26)32)24-6-7-33-8-9-34-10-11-35-12-13-36-14-19(28)29/h1-3,17,24H,4-14H2,(H,28,29)(H,25,27,30). The van der Waals surface area contributed by atoms with Gasteiger partial charge in [0.05, 0.1) is 57.4 Å². The molecule has 1 aromatic rings. The van der Waals surface area contributed by atoms with Crippen molar-refractivity contribution in [2.75, 3.05) is 64.7 Å². The molecule has 1 unspecified atom stereocenters.